The van der Waals surface area contributed by atoms with Gasteiger partial charge in [0.2, 0.25) is 0 Å². The van der Waals surface area contributed by atoms with Gasteiger partial charge in [0.1, 0.15) is 6.54 Å². The summed E-state index contributed by atoms with van der Waals surface area (Å²) in [6.45, 7) is 2.00. The molecule has 1 aromatic rings. The lowest BCUT2D eigenvalue weighted by molar-refractivity contribution is -0.897. The Bertz CT molecular complexity index is 308. The monoisotopic (exact) mass is 207 g/mol. The Morgan fingerprint density at radius 2 is 1.73 bits per heavy atom. The Kier molecular flexibility index (Phi) is 3.02. The molecule has 0 radical (unpaired) electrons. The Labute approximate surface area is 89.5 Å². The number of benzene rings is 1. The van der Waals surface area contributed by atoms with Gasteiger partial charge in [-0.15, -0.1) is 0 Å². The van der Waals surface area contributed by atoms with Crippen molar-refractivity contribution in [1.82, 2.24) is 5.06 Å². The third kappa shape index (κ3) is 2.76. The average molecular weight is 207 g/mol. The molecule has 82 valence electrons. The molecule has 1 fully saturated rings. The zero-order chi connectivity index (χ0) is 10.7. The average Bonchev–Trinajstić information content (AvgIpc) is 2.24. The summed E-state index contributed by atoms with van der Waals surface area (Å²) in [5.74, 6) is 0. The summed E-state index contributed by atoms with van der Waals surface area (Å²) in [7, 11) is 0. The normalized spacial score (nSPS) is 21.5. The highest BCUT2D eigenvalue weighted by Gasteiger charge is 2.21. The van der Waals surface area contributed by atoms with E-state index in [1.165, 1.54) is 0 Å². The molecular formula is C11H15N2O2-. The Morgan fingerprint density at radius 1 is 1.13 bits per heavy atom. The third-order valence-electron chi connectivity index (χ3n) is 2.83. The molecule has 1 aromatic carbocycles. The van der Waals surface area contributed by atoms with E-state index < -0.39 is 0 Å². The Balaban J connectivity index is 1.99. The molecule has 1 aliphatic heterocycles. The maximum absolute atomic E-state index is 12.2. The molecule has 2 rings (SSSR count). The third-order valence-corrected chi connectivity index (χ3v) is 2.83. The van der Waals surface area contributed by atoms with Crippen LogP contribution in [0.3, 0.4) is 0 Å². The molecule has 0 N–H and O–H groups in total. The van der Waals surface area contributed by atoms with Crippen LogP contribution >= 0.6 is 0 Å². The first-order valence-electron chi connectivity index (χ1n) is 5.21. The van der Waals surface area contributed by atoms with E-state index in [1.54, 1.807) is 0 Å². The van der Waals surface area contributed by atoms with E-state index in [1.807, 2.05) is 30.3 Å². The topological polar surface area (TPSA) is 49.4 Å². The van der Waals surface area contributed by atoms with Gasteiger partial charge in [0, 0.05) is 18.7 Å². The second-order valence-electron chi connectivity index (χ2n) is 4.08. The Hall–Kier alpha value is -0.940. The predicted molar refractivity (Wildman–Crippen MR) is 58.4 cm³/mol. The lowest BCUT2D eigenvalue weighted by Gasteiger charge is -2.50. The standard InChI is InChI=1S/C11H15N2O2/c14-12-6-8-13(15,9-7-12)10-11-4-2-1-3-5-11/h1-5H,6-10H2/q-1. The number of piperazine rings is 1. The second-order valence-corrected chi connectivity index (χ2v) is 4.08. The minimum Gasteiger partial charge on any atom is -0.785 e. The van der Waals surface area contributed by atoms with Gasteiger partial charge in [0.25, 0.3) is 0 Å². The van der Waals surface area contributed by atoms with E-state index in [4.69, 9.17) is 0 Å². The van der Waals surface area contributed by atoms with Crippen LogP contribution in [-0.2, 0) is 6.54 Å². The van der Waals surface area contributed by atoms with Gasteiger partial charge in [-0.05, 0) is 0 Å². The molecule has 0 amide bonds. The van der Waals surface area contributed by atoms with Crippen LogP contribution in [0.4, 0.5) is 0 Å². The lowest BCUT2D eigenvalue weighted by Crippen LogP contribution is -2.54. The fraction of sp³-hybridized carbons (Fsp3) is 0.455. The van der Waals surface area contributed by atoms with Crippen LogP contribution in [0, 0.1) is 10.4 Å². The highest BCUT2D eigenvalue weighted by molar-refractivity contribution is 5.13. The zero-order valence-corrected chi connectivity index (χ0v) is 8.63. The van der Waals surface area contributed by atoms with Crippen LogP contribution < -0.4 is 0 Å². The maximum Gasteiger partial charge on any atom is 0.104 e. The first-order chi connectivity index (χ1) is 7.18. The van der Waals surface area contributed by atoms with Crippen LogP contribution in [0.5, 0.6) is 0 Å². The summed E-state index contributed by atoms with van der Waals surface area (Å²) in [6.07, 6.45) is 0. The van der Waals surface area contributed by atoms with E-state index in [0.717, 1.165) is 10.6 Å². The van der Waals surface area contributed by atoms with Crippen molar-refractivity contribution in [2.75, 3.05) is 26.2 Å². The minimum absolute atomic E-state index is 0.261. The molecule has 0 aliphatic carbocycles. The van der Waals surface area contributed by atoms with Crippen LogP contribution in [0.2, 0.25) is 0 Å². The molecule has 0 unspecified atom stereocenters. The van der Waals surface area contributed by atoms with Crippen molar-refractivity contribution in [1.29, 1.82) is 0 Å². The highest BCUT2D eigenvalue weighted by atomic mass is 16.6. The first kappa shape index (κ1) is 10.6. The van der Waals surface area contributed by atoms with Crippen LogP contribution in [0.15, 0.2) is 30.3 Å². The number of hydroxylamine groups is 5. The molecule has 15 heavy (non-hydrogen) atoms. The number of quaternary nitrogens is 1. The molecule has 4 heteroatoms. The van der Waals surface area contributed by atoms with Crippen LogP contribution in [0.25, 0.3) is 0 Å². The highest BCUT2D eigenvalue weighted by Crippen LogP contribution is 2.16. The first-order valence-corrected chi connectivity index (χ1v) is 5.21. The number of rotatable bonds is 2. The van der Waals surface area contributed by atoms with E-state index >= 15 is 0 Å². The summed E-state index contributed by atoms with van der Waals surface area (Å²) >= 11 is 0. The predicted octanol–water partition coefficient (Wildman–Crippen LogP) is 1.31. The van der Waals surface area contributed by atoms with Crippen molar-refractivity contribution < 1.29 is 4.65 Å². The zero-order valence-electron chi connectivity index (χ0n) is 8.63. The molecule has 1 heterocycles. The quantitative estimate of drug-likeness (QED) is 0.542. The fourth-order valence-electron chi connectivity index (χ4n) is 1.89. The van der Waals surface area contributed by atoms with Gasteiger partial charge < -0.3 is 20.1 Å². The second kappa shape index (κ2) is 4.28. The van der Waals surface area contributed by atoms with Gasteiger partial charge in [-0.25, -0.2) is 0 Å². The summed E-state index contributed by atoms with van der Waals surface area (Å²) in [4.78, 5) is 0. The van der Waals surface area contributed by atoms with Gasteiger partial charge in [-0.2, -0.15) is 0 Å². The van der Waals surface area contributed by atoms with E-state index in [-0.39, 0.29) is 4.65 Å². The van der Waals surface area contributed by atoms with Crippen LogP contribution in [0.1, 0.15) is 5.56 Å². The number of nitrogens with zero attached hydrogens (tertiary/aromatic N) is 2. The number of hydrogen-bond donors (Lipinski definition) is 0. The van der Waals surface area contributed by atoms with Crippen molar-refractivity contribution in [3.63, 3.8) is 0 Å². The van der Waals surface area contributed by atoms with Gasteiger partial charge in [-0.3, -0.25) is 0 Å². The number of hydrogen-bond acceptors (Lipinski definition) is 3. The molecular weight excluding hydrogens is 192 g/mol. The summed E-state index contributed by atoms with van der Waals surface area (Å²) < 4.78 is -0.261. The lowest BCUT2D eigenvalue weighted by atomic mass is 10.2. The smallest absolute Gasteiger partial charge is 0.104 e. The van der Waals surface area contributed by atoms with Gasteiger partial charge >= 0.3 is 0 Å². The fourth-order valence-corrected chi connectivity index (χ4v) is 1.89. The van der Waals surface area contributed by atoms with Crippen LogP contribution in [-0.4, -0.2) is 35.9 Å². The van der Waals surface area contributed by atoms with Crippen molar-refractivity contribution in [3.8, 4) is 0 Å². The summed E-state index contributed by atoms with van der Waals surface area (Å²) in [5.41, 5.74) is 1.05. The Morgan fingerprint density at radius 3 is 2.33 bits per heavy atom. The van der Waals surface area contributed by atoms with E-state index in [0.29, 0.717) is 32.7 Å². The molecule has 4 nitrogen and oxygen atoms in total. The van der Waals surface area contributed by atoms with E-state index in [2.05, 4.69) is 0 Å². The molecule has 0 aromatic heterocycles. The molecule has 0 bridgehead atoms. The van der Waals surface area contributed by atoms with Gasteiger partial charge in [0.15, 0.2) is 0 Å². The summed E-state index contributed by atoms with van der Waals surface area (Å²) in [6, 6.07) is 9.73. The maximum atomic E-state index is 12.2. The minimum atomic E-state index is -0.261. The van der Waals surface area contributed by atoms with E-state index in [9.17, 15) is 10.4 Å². The largest absolute Gasteiger partial charge is 0.785 e. The molecule has 1 aliphatic rings. The molecule has 1 saturated heterocycles. The van der Waals surface area contributed by atoms with Crippen molar-refractivity contribution in [2.24, 2.45) is 0 Å². The van der Waals surface area contributed by atoms with Crippen molar-refractivity contribution in [3.05, 3.63) is 46.3 Å². The van der Waals surface area contributed by atoms with Crippen molar-refractivity contribution >= 4 is 0 Å². The SMILES string of the molecule is [O-]N1CC[N+]([O-])(Cc2ccccc2)CC1. The molecule has 0 atom stereocenters. The van der Waals surface area contributed by atoms with Crippen molar-refractivity contribution in [2.45, 2.75) is 6.54 Å². The van der Waals surface area contributed by atoms with Gasteiger partial charge in [0.05, 0.1) is 13.1 Å². The van der Waals surface area contributed by atoms with Gasteiger partial charge in [-0.1, -0.05) is 30.3 Å². The summed E-state index contributed by atoms with van der Waals surface area (Å²) in [5, 5.41) is 24.2. The molecule has 0 spiro atoms. The molecule has 0 saturated carbocycles.